The van der Waals surface area contributed by atoms with Crippen LogP contribution in [0.3, 0.4) is 0 Å². The lowest BCUT2D eigenvalue weighted by molar-refractivity contribution is -0.244. The van der Waals surface area contributed by atoms with Crippen molar-refractivity contribution in [3.8, 4) is 0 Å². The standard InChI is InChI=1S/C16H18Cl3NO4/c1-8(2)15(16(23)24-4)20(3)12(22)7-11(21)13-9(17)5-6-10(18)14(13)19/h5-8,15,21H,1-4H3/p-1/b11-7-. The summed E-state index contributed by atoms with van der Waals surface area (Å²) in [6.45, 7) is 3.52. The lowest BCUT2D eigenvalue weighted by Crippen LogP contribution is -2.45. The molecular formula is C16H17Cl3NO4-. The number of hydrogen-bond donors (Lipinski definition) is 0. The molecule has 1 unspecified atom stereocenters. The minimum absolute atomic E-state index is 0.0331. The molecule has 1 aromatic carbocycles. The van der Waals surface area contributed by atoms with E-state index < -0.39 is 23.7 Å². The van der Waals surface area contributed by atoms with Crippen LogP contribution in [0.5, 0.6) is 0 Å². The molecule has 0 spiro atoms. The summed E-state index contributed by atoms with van der Waals surface area (Å²) in [4.78, 5) is 25.3. The van der Waals surface area contributed by atoms with Crippen LogP contribution >= 0.6 is 34.8 Å². The molecule has 0 N–H and O–H groups in total. The molecular weight excluding hydrogens is 377 g/mol. The van der Waals surface area contributed by atoms with Crippen molar-refractivity contribution in [2.45, 2.75) is 19.9 Å². The number of carbonyl (C=O) groups is 2. The third-order valence-electron chi connectivity index (χ3n) is 3.38. The van der Waals surface area contributed by atoms with E-state index in [1.54, 1.807) is 13.8 Å². The SMILES string of the molecule is COC(=O)C(C(C)C)N(C)C(=O)/C=C(\[O-])c1c(Cl)ccc(Cl)c1Cl. The summed E-state index contributed by atoms with van der Waals surface area (Å²) < 4.78 is 4.70. The minimum atomic E-state index is -0.822. The second-order valence-electron chi connectivity index (χ2n) is 5.39. The second-order valence-corrected chi connectivity index (χ2v) is 6.58. The molecule has 1 rings (SSSR count). The van der Waals surface area contributed by atoms with Crippen LogP contribution in [0.15, 0.2) is 18.2 Å². The first kappa shape index (κ1) is 20.6. The summed E-state index contributed by atoms with van der Waals surface area (Å²) in [5, 5.41) is 12.5. The maximum absolute atomic E-state index is 12.3. The van der Waals surface area contributed by atoms with Crippen molar-refractivity contribution in [3.05, 3.63) is 38.8 Å². The van der Waals surface area contributed by atoms with Crippen LogP contribution in [0.4, 0.5) is 0 Å². The van der Waals surface area contributed by atoms with E-state index in [4.69, 9.17) is 39.5 Å². The summed E-state index contributed by atoms with van der Waals surface area (Å²) in [7, 11) is 2.64. The molecule has 1 atom stereocenters. The Morgan fingerprint density at radius 1 is 1.21 bits per heavy atom. The molecule has 0 aliphatic heterocycles. The van der Waals surface area contributed by atoms with E-state index in [9.17, 15) is 14.7 Å². The Morgan fingerprint density at radius 2 is 1.75 bits per heavy atom. The van der Waals surface area contributed by atoms with Gasteiger partial charge in [-0.05, 0) is 24.1 Å². The highest BCUT2D eigenvalue weighted by Gasteiger charge is 2.29. The van der Waals surface area contributed by atoms with Crippen molar-refractivity contribution in [1.29, 1.82) is 0 Å². The fraction of sp³-hybridized carbons (Fsp3) is 0.375. The van der Waals surface area contributed by atoms with E-state index in [1.807, 2.05) is 0 Å². The van der Waals surface area contributed by atoms with Gasteiger partial charge in [-0.2, -0.15) is 0 Å². The van der Waals surface area contributed by atoms with E-state index in [-0.39, 0.29) is 26.5 Å². The largest absolute Gasteiger partial charge is 0.872 e. The lowest BCUT2D eigenvalue weighted by atomic mass is 10.0. The van der Waals surface area contributed by atoms with Crippen molar-refractivity contribution in [2.75, 3.05) is 14.2 Å². The molecule has 0 heterocycles. The number of nitrogens with zero attached hydrogens (tertiary/aromatic N) is 1. The van der Waals surface area contributed by atoms with Crippen LogP contribution in [-0.2, 0) is 14.3 Å². The highest BCUT2D eigenvalue weighted by atomic mass is 35.5. The van der Waals surface area contributed by atoms with Crippen LogP contribution in [0.1, 0.15) is 19.4 Å². The first-order chi connectivity index (χ1) is 11.1. The monoisotopic (exact) mass is 392 g/mol. The molecule has 0 bridgehead atoms. The fourth-order valence-corrected chi connectivity index (χ4v) is 2.89. The van der Waals surface area contributed by atoms with E-state index >= 15 is 0 Å². The fourth-order valence-electron chi connectivity index (χ4n) is 2.17. The lowest BCUT2D eigenvalue weighted by Gasteiger charge is -2.28. The Labute approximate surface area is 155 Å². The van der Waals surface area contributed by atoms with E-state index in [2.05, 4.69) is 0 Å². The van der Waals surface area contributed by atoms with E-state index in [1.165, 1.54) is 26.3 Å². The third-order valence-corrected chi connectivity index (χ3v) is 4.50. The van der Waals surface area contributed by atoms with Gasteiger partial charge in [0, 0.05) is 17.6 Å². The molecule has 24 heavy (non-hydrogen) atoms. The van der Waals surface area contributed by atoms with Gasteiger partial charge in [0.2, 0.25) is 5.91 Å². The zero-order valence-corrected chi connectivity index (χ0v) is 15.9. The van der Waals surface area contributed by atoms with Gasteiger partial charge in [0.1, 0.15) is 6.04 Å². The molecule has 1 aromatic rings. The Balaban J connectivity index is 3.18. The summed E-state index contributed by atoms with van der Waals surface area (Å²) in [6.07, 6.45) is 0.821. The number of methoxy groups -OCH3 is 1. The van der Waals surface area contributed by atoms with Crippen LogP contribution in [0, 0.1) is 5.92 Å². The number of rotatable bonds is 5. The van der Waals surface area contributed by atoms with Crippen LogP contribution in [-0.4, -0.2) is 37.0 Å². The first-order valence-electron chi connectivity index (χ1n) is 6.99. The normalized spacial score (nSPS) is 12.9. The zero-order chi connectivity index (χ0) is 18.6. The molecule has 0 aliphatic rings. The molecule has 8 heteroatoms. The zero-order valence-electron chi connectivity index (χ0n) is 13.6. The Bertz CT molecular complexity index is 674. The molecule has 132 valence electrons. The number of amides is 1. The number of likely N-dealkylation sites (N-methyl/N-ethyl adjacent to an activating group) is 1. The molecule has 1 amide bonds. The van der Waals surface area contributed by atoms with Crippen LogP contribution in [0.25, 0.3) is 5.76 Å². The smallest absolute Gasteiger partial charge is 0.328 e. The summed E-state index contributed by atoms with van der Waals surface area (Å²) in [6, 6.07) is 2.04. The van der Waals surface area contributed by atoms with Crippen molar-refractivity contribution in [2.24, 2.45) is 5.92 Å². The van der Waals surface area contributed by atoms with Crippen molar-refractivity contribution in [1.82, 2.24) is 4.90 Å². The van der Waals surface area contributed by atoms with Gasteiger partial charge in [0.25, 0.3) is 0 Å². The molecule has 0 aliphatic carbocycles. The minimum Gasteiger partial charge on any atom is -0.872 e. The number of hydrogen-bond acceptors (Lipinski definition) is 4. The van der Waals surface area contributed by atoms with Gasteiger partial charge in [0.15, 0.2) is 0 Å². The summed E-state index contributed by atoms with van der Waals surface area (Å²) >= 11 is 17.8. The molecule has 0 saturated carbocycles. The highest BCUT2D eigenvalue weighted by Crippen LogP contribution is 2.34. The second kappa shape index (κ2) is 8.60. The molecule has 0 radical (unpaired) electrons. The maximum Gasteiger partial charge on any atom is 0.328 e. The van der Waals surface area contributed by atoms with Crippen molar-refractivity contribution >= 4 is 52.4 Å². The quantitative estimate of drug-likeness (QED) is 0.334. The van der Waals surface area contributed by atoms with Gasteiger partial charge in [-0.1, -0.05) is 54.4 Å². The summed E-state index contributed by atoms with van der Waals surface area (Å²) in [5.41, 5.74) is -0.0632. The third kappa shape index (κ3) is 4.56. The molecule has 0 saturated heterocycles. The Morgan fingerprint density at radius 3 is 2.25 bits per heavy atom. The van der Waals surface area contributed by atoms with Gasteiger partial charge in [-0.25, -0.2) is 4.79 Å². The van der Waals surface area contributed by atoms with Crippen LogP contribution in [0.2, 0.25) is 15.1 Å². The van der Waals surface area contributed by atoms with E-state index in [0.29, 0.717) is 0 Å². The average molecular weight is 394 g/mol. The highest BCUT2D eigenvalue weighted by molar-refractivity contribution is 6.44. The number of esters is 1. The van der Waals surface area contributed by atoms with Gasteiger partial charge in [-0.15, -0.1) is 0 Å². The van der Waals surface area contributed by atoms with Gasteiger partial charge < -0.3 is 14.7 Å². The molecule has 0 aromatic heterocycles. The summed E-state index contributed by atoms with van der Waals surface area (Å²) in [5.74, 6) is -2.14. The predicted octanol–water partition coefficient (Wildman–Crippen LogP) is 3.00. The van der Waals surface area contributed by atoms with Gasteiger partial charge in [-0.3, -0.25) is 4.79 Å². The first-order valence-corrected chi connectivity index (χ1v) is 8.12. The average Bonchev–Trinajstić information content (AvgIpc) is 2.50. The van der Waals surface area contributed by atoms with Gasteiger partial charge >= 0.3 is 5.97 Å². The Kier molecular flexibility index (Phi) is 7.39. The number of halogens is 3. The molecule has 0 fully saturated rings. The van der Waals surface area contributed by atoms with Gasteiger partial charge in [0.05, 0.1) is 17.2 Å². The number of ether oxygens (including phenoxy) is 1. The number of benzene rings is 1. The predicted molar refractivity (Wildman–Crippen MR) is 92.9 cm³/mol. The molecule has 5 nitrogen and oxygen atoms in total. The van der Waals surface area contributed by atoms with Crippen LogP contribution < -0.4 is 5.11 Å². The maximum atomic E-state index is 12.3. The van der Waals surface area contributed by atoms with Crippen molar-refractivity contribution in [3.63, 3.8) is 0 Å². The number of carbonyl (C=O) groups excluding carboxylic acids is 2. The van der Waals surface area contributed by atoms with E-state index in [0.717, 1.165) is 11.0 Å². The Hall–Kier alpha value is -1.43. The van der Waals surface area contributed by atoms with Crippen molar-refractivity contribution < 1.29 is 19.4 Å². The topological polar surface area (TPSA) is 69.7 Å².